The predicted molar refractivity (Wildman–Crippen MR) is 99.7 cm³/mol. The first-order chi connectivity index (χ1) is 13.0. The lowest BCUT2D eigenvalue weighted by Crippen LogP contribution is -2.43. The Bertz CT molecular complexity index is 923. The lowest BCUT2D eigenvalue weighted by atomic mass is 9.92. The molecule has 0 aromatic heterocycles. The van der Waals surface area contributed by atoms with Gasteiger partial charge in [-0.3, -0.25) is 14.5 Å². The van der Waals surface area contributed by atoms with E-state index in [1.54, 1.807) is 0 Å². The Hall–Kier alpha value is -3.15. The van der Waals surface area contributed by atoms with Gasteiger partial charge in [-0.2, -0.15) is 0 Å². The van der Waals surface area contributed by atoms with E-state index in [1.165, 1.54) is 0 Å². The molecular formula is C21H21N3O3. The number of fused-ring (bicyclic) bond motifs is 2. The molecule has 2 aliphatic rings. The van der Waals surface area contributed by atoms with Gasteiger partial charge in [-0.15, -0.1) is 0 Å². The summed E-state index contributed by atoms with van der Waals surface area (Å²) >= 11 is 0. The van der Waals surface area contributed by atoms with Crippen LogP contribution < -0.4 is 10.6 Å². The molecule has 0 unspecified atom stereocenters. The third kappa shape index (κ3) is 2.97. The van der Waals surface area contributed by atoms with Crippen molar-refractivity contribution in [2.45, 2.75) is 31.8 Å². The number of benzene rings is 2. The second-order valence-corrected chi connectivity index (χ2v) is 7.15. The van der Waals surface area contributed by atoms with Crippen LogP contribution in [0.4, 0.5) is 4.79 Å². The van der Waals surface area contributed by atoms with E-state index in [1.807, 2.05) is 55.5 Å². The van der Waals surface area contributed by atoms with Crippen molar-refractivity contribution < 1.29 is 14.4 Å². The van der Waals surface area contributed by atoms with E-state index in [-0.39, 0.29) is 18.4 Å². The van der Waals surface area contributed by atoms with Crippen LogP contribution in [-0.2, 0) is 28.1 Å². The number of carbonyl (C=O) groups excluding carboxylic acids is 3. The summed E-state index contributed by atoms with van der Waals surface area (Å²) in [7, 11) is 0. The molecule has 1 saturated heterocycles. The Balaban J connectivity index is 1.44. The van der Waals surface area contributed by atoms with Crippen molar-refractivity contribution >= 4 is 17.8 Å². The Morgan fingerprint density at radius 1 is 1.15 bits per heavy atom. The summed E-state index contributed by atoms with van der Waals surface area (Å²) in [5.41, 5.74) is 2.99. The molecule has 2 aromatic rings. The molecule has 1 spiro atoms. The quantitative estimate of drug-likeness (QED) is 0.816. The molecule has 4 rings (SSSR count). The monoisotopic (exact) mass is 363 g/mol. The van der Waals surface area contributed by atoms with E-state index in [0.717, 1.165) is 33.6 Å². The number of amides is 4. The molecule has 0 saturated carbocycles. The van der Waals surface area contributed by atoms with Crippen molar-refractivity contribution in [2.75, 3.05) is 6.54 Å². The SMILES string of the molecule is Cc1ccc(CNC(=O)CN2C(=O)N[C@]3(CCc4ccccc43)C2=O)cc1. The maximum Gasteiger partial charge on any atom is 0.325 e. The van der Waals surface area contributed by atoms with E-state index in [2.05, 4.69) is 10.6 Å². The summed E-state index contributed by atoms with van der Waals surface area (Å²) in [6.07, 6.45) is 1.26. The zero-order chi connectivity index (χ0) is 19.0. The second kappa shape index (κ2) is 6.54. The number of nitrogens with one attached hydrogen (secondary N) is 2. The van der Waals surface area contributed by atoms with Gasteiger partial charge in [0.15, 0.2) is 0 Å². The van der Waals surface area contributed by atoms with Gasteiger partial charge in [0, 0.05) is 6.54 Å². The zero-order valence-electron chi connectivity index (χ0n) is 15.1. The highest BCUT2D eigenvalue weighted by Gasteiger charge is 2.55. The van der Waals surface area contributed by atoms with Crippen LogP contribution in [0.3, 0.4) is 0 Å². The molecule has 0 radical (unpaired) electrons. The number of rotatable bonds is 4. The van der Waals surface area contributed by atoms with Crippen molar-refractivity contribution in [3.63, 3.8) is 0 Å². The molecule has 6 heteroatoms. The topological polar surface area (TPSA) is 78.5 Å². The third-order valence-electron chi connectivity index (χ3n) is 5.33. The van der Waals surface area contributed by atoms with E-state index >= 15 is 0 Å². The van der Waals surface area contributed by atoms with Gasteiger partial charge in [0.25, 0.3) is 5.91 Å². The summed E-state index contributed by atoms with van der Waals surface area (Å²) in [4.78, 5) is 38.7. The van der Waals surface area contributed by atoms with Crippen molar-refractivity contribution in [3.05, 3.63) is 70.8 Å². The van der Waals surface area contributed by atoms with E-state index < -0.39 is 11.6 Å². The molecule has 138 valence electrons. The van der Waals surface area contributed by atoms with Crippen LogP contribution in [0, 0.1) is 6.92 Å². The summed E-state index contributed by atoms with van der Waals surface area (Å²) in [5.74, 6) is -0.703. The zero-order valence-corrected chi connectivity index (χ0v) is 15.1. The lowest BCUT2D eigenvalue weighted by molar-refractivity contribution is -0.135. The average Bonchev–Trinajstić information content (AvgIpc) is 3.15. The Morgan fingerprint density at radius 3 is 2.67 bits per heavy atom. The molecule has 27 heavy (non-hydrogen) atoms. The maximum atomic E-state index is 13.0. The predicted octanol–water partition coefficient (Wildman–Crippen LogP) is 2.00. The highest BCUT2D eigenvalue weighted by atomic mass is 16.2. The molecule has 2 N–H and O–H groups in total. The van der Waals surface area contributed by atoms with Crippen molar-refractivity contribution in [1.29, 1.82) is 0 Å². The smallest absolute Gasteiger partial charge is 0.325 e. The highest BCUT2D eigenvalue weighted by molar-refractivity contribution is 6.09. The third-order valence-corrected chi connectivity index (χ3v) is 5.33. The first-order valence-corrected chi connectivity index (χ1v) is 9.04. The summed E-state index contributed by atoms with van der Waals surface area (Å²) in [6, 6.07) is 14.9. The fourth-order valence-corrected chi connectivity index (χ4v) is 3.84. The number of carbonyl (C=O) groups is 3. The molecule has 1 heterocycles. The number of nitrogens with zero attached hydrogens (tertiary/aromatic N) is 1. The van der Waals surface area contributed by atoms with Crippen molar-refractivity contribution in [1.82, 2.24) is 15.5 Å². The highest BCUT2D eigenvalue weighted by Crippen LogP contribution is 2.41. The van der Waals surface area contributed by atoms with Gasteiger partial charge in [0.05, 0.1) is 0 Å². The van der Waals surface area contributed by atoms with Gasteiger partial charge in [-0.25, -0.2) is 4.79 Å². The van der Waals surface area contributed by atoms with E-state index in [0.29, 0.717) is 13.0 Å². The Kier molecular flexibility index (Phi) is 4.18. The van der Waals surface area contributed by atoms with Crippen LogP contribution in [0.5, 0.6) is 0 Å². The Labute approximate surface area is 157 Å². The number of hydrogen-bond acceptors (Lipinski definition) is 3. The minimum absolute atomic E-state index is 0.277. The van der Waals surface area contributed by atoms with Crippen LogP contribution in [0.15, 0.2) is 48.5 Å². The molecule has 2 aromatic carbocycles. The molecule has 1 atom stereocenters. The second-order valence-electron chi connectivity index (χ2n) is 7.15. The van der Waals surface area contributed by atoms with Crippen LogP contribution in [0.25, 0.3) is 0 Å². The van der Waals surface area contributed by atoms with Gasteiger partial charge in [-0.1, -0.05) is 54.1 Å². The summed E-state index contributed by atoms with van der Waals surface area (Å²) < 4.78 is 0. The number of aryl methyl sites for hydroxylation is 2. The maximum absolute atomic E-state index is 13.0. The largest absolute Gasteiger partial charge is 0.350 e. The summed E-state index contributed by atoms with van der Waals surface area (Å²) in [6.45, 7) is 2.08. The number of urea groups is 1. The first kappa shape index (κ1) is 17.3. The lowest BCUT2D eigenvalue weighted by Gasteiger charge is -2.22. The molecular weight excluding hydrogens is 342 g/mol. The molecule has 1 aliphatic heterocycles. The average molecular weight is 363 g/mol. The summed E-state index contributed by atoms with van der Waals surface area (Å²) in [5, 5.41) is 5.60. The minimum atomic E-state index is -1.02. The van der Waals surface area contributed by atoms with Crippen LogP contribution in [0.2, 0.25) is 0 Å². The van der Waals surface area contributed by atoms with Crippen LogP contribution in [-0.4, -0.2) is 29.3 Å². The Morgan fingerprint density at radius 2 is 1.89 bits per heavy atom. The standard InChI is InChI=1S/C21H21N3O3/c1-14-6-8-15(9-7-14)12-22-18(25)13-24-19(26)21(23-20(24)27)11-10-16-4-2-3-5-17(16)21/h2-9H,10-13H2,1H3,(H,22,25)(H,23,27)/t21-/m0/s1. The minimum Gasteiger partial charge on any atom is -0.350 e. The van der Waals surface area contributed by atoms with Gasteiger partial charge in [0.1, 0.15) is 12.1 Å². The molecule has 6 nitrogen and oxygen atoms in total. The van der Waals surface area contributed by atoms with Crippen molar-refractivity contribution in [3.8, 4) is 0 Å². The van der Waals surface area contributed by atoms with Crippen molar-refractivity contribution in [2.24, 2.45) is 0 Å². The van der Waals surface area contributed by atoms with Gasteiger partial charge >= 0.3 is 6.03 Å². The van der Waals surface area contributed by atoms with E-state index in [4.69, 9.17) is 0 Å². The normalized spacial score (nSPS) is 20.7. The van der Waals surface area contributed by atoms with Gasteiger partial charge in [-0.05, 0) is 36.5 Å². The number of hydrogen-bond donors (Lipinski definition) is 2. The fraction of sp³-hybridized carbons (Fsp3) is 0.286. The molecule has 1 aliphatic carbocycles. The first-order valence-electron chi connectivity index (χ1n) is 9.04. The van der Waals surface area contributed by atoms with Gasteiger partial charge in [0.2, 0.25) is 5.91 Å². The number of imide groups is 1. The molecule has 1 fully saturated rings. The van der Waals surface area contributed by atoms with Crippen LogP contribution in [0.1, 0.15) is 28.7 Å². The molecule has 0 bridgehead atoms. The van der Waals surface area contributed by atoms with E-state index in [9.17, 15) is 14.4 Å². The van der Waals surface area contributed by atoms with Gasteiger partial charge < -0.3 is 10.6 Å². The fourth-order valence-electron chi connectivity index (χ4n) is 3.84. The van der Waals surface area contributed by atoms with Crippen LogP contribution >= 0.6 is 0 Å². The molecule has 4 amide bonds.